The number of nitrogens with zero attached hydrogens (tertiary/aromatic N) is 1. The maximum Gasteiger partial charge on any atom is 0.246 e. The molecule has 1 aromatic heterocycles. The summed E-state index contributed by atoms with van der Waals surface area (Å²) in [4.78, 5) is 15.2. The van der Waals surface area contributed by atoms with Gasteiger partial charge in [-0.05, 0) is 38.9 Å². The first-order chi connectivity index (χ1) is 8.56. The predicted octanol–water partition coefficient (Wildman–Crippen LogP) is 2.82. The molecular formula is C14H22N2OS. The highest BCUT2D eigenvalue weighted by Gasteiger charge is 2.16. The zero-order valence-electron chi connectivity index (χ0n) is 11.6. The van der Waals surface area contributed by atoms with Gasteiger partial charge >= 0.3 is 0 Å². The summed E-state index contributed by atoms with van der Waals surface area (Å²) < 4.78 is 0. The van der Waals surface area contributed by atoms with Gasteiger partial charge in [-0.1, -0.05) is 19.1 Å². The Kier molecular flexibility index (Phi) is 6.09. The molecule has 1 amide bonds. The van der Waals surface area contributed by atoms with Crippen LogP contribution in [0.4, 0.5) is 0 Å². The Hall–Kier alpha value is -1.13. The number of carbonyl (C=O) groups excluding carboxylic acids is 1. The molecule has 0 aliphatic heterocycles. The van der Waals surface area contributed by atoms with Gasteiger partial charge < -0.3 is 10.2 Å². The number of thiophene rings is 1. The summed E-state index contributed by atoms with van der Waals surface area (Å²) in [6.07, 6.45) is 2.84. The van der Waals surface area contributed by atoms with Crippen molar-refractivity contribution in [1.82, 2.24) is 10.2 Å². The largest absolute Gasteiger partial charge is 0.350 e. The second-order valence-electron chi connectivity index (χ2n) is 4.50. The molecule has 0 radical (unpaired) electrons. The highest BCUT2D eigenvalue weighted by Crippen LogP contribution is 2.22. The van der Waals surface area contributed by atoms with E-state index < -0.39 is 0 Å². The quantitative estimate of drug-likeness (QED) is 0.803. The normalized spacial score (nSPS) is 13.7. The Bertz CT molecular complexity index is 396. The summed E-state index contributed by atoms with van der Waals surface area (Å²) in [5.41, 5.74) is 0.793. The molecule has 0 aliphatic rings. The van der Waals surface area contributed by atoms with E-state index in [0.717, 1.165) is 12.0 Å². The number of allylic oxidation sites excluding steroid dienone is 1. The molecule has 0 bridgehead atoms. The van der Waals surface area contributed by atoms with Crippen molar-refractivity contribution in [3.05, 3.63) is 34.0 Å². The second-order valence-corrected chi connectivity index (χ2v) is 5.48. The van der Waals surface area contributed by atoms with Crippen LogP contribution in [0.2, 0.25) is 0 Å². The van der Waals surface area contributed by atoms with E-state index in [9.17, 15) is 4.79 Å². The zero-order chi connectivity index (χ0) is 13.5. The van der Waals surface area contributed by atoms with E-state index in [4.69, 9.17) is 0 Å². The fraction of sp³-hybridized carbons (Fsp3) is 0.500. The lowest BCUT2D eigenvalue weighted by Gasteiger charge is -2.23. The van der Waals surface area contributed by atoms with E-state index in [0.29, 0.717) is 6.54 Å². The average molecular weight is 266 g/mol. The lowest BCUT2D eigenvalue weighted by molar-refractivity contribution is -0.117. The number of amides is 1. The topological polar surface area (TPSA) is 32.3 Å². The number of rotatable bonds is 6. The van der Waals surface area contributed by atoms with E-state index >= 15 is 0 Å². The van der Waals surface area contributed by atoms with Crippen LogP contribution in [0.15, 0.2) is 29.2 Å². The fourth-order valence-electron chi connectivity index (χ4n) is 1.75. The van der Waals surface area contributed by atoms with Crippen molar-refractivity contribution in [2.75, 3.05) is 20.6 Å². The van der Waals surface area contributed by atoms with Crippen LogP contribution in [0.25, 0.3) is 0 Å². The van der Waals surface area contributed by atoms with E-state index in [1.54, 1.807) is 11.3 Å². The molecule has 1 atom stereocenters. The Labute approximate surface area is 114 Å². The van der Waals surface area contributed by atoms with Gasteiger partial charge in [0.25, 0.3) is 0 Å². The second kappa shape index (κ2) is 7.34. The first-order valence-electron chi connectivity index (χ1n) is 6.21. The maximum atomic E-state index is 11.8. The number of hydrogen-bond donors (Lipinski definition) is 1. The molecule has 0 saturated carbocycles. The van der Waals surface area contributed by atoms with Gasteiger partial charge in [-0.15, -0.1) is 11.3 Å². The predicted molar refractivity (Wildman–Crippen MR) is 77.8 cm³/mol. The van der Waals surface area contributed by atoms with Crippen molar-refractivity contribution in [3.63, 3.8) is 0 Å². The van der Waals surface area contributed by atoms with Crippen molar-refractivity contribution in [2.45, 2.75) is 26.3 Å². The maximum absolute atomic E-state index is 11.8. The highest BCUT2D eigenvalue weighted by atomic mass is 32.1. The van der Waals surface area contributed by atoms with Crippen LogP contribution >= 0.6 is 11.3 Å². The molecular weight excluding hydrogens is 244 g/mol. The highest BCUT2D eigenvalue weighted by molar-refractivity contribution is 7.10. The monoisotopic (exact) mass is 266 g/mol. The van der Waals surface area contributed by atoms with E-state index in [1.807, 2.05) is 40.1 Å². The van der Waals surface area contributed by atoms with Gasteiger partial charge in [0.1, 0.15) is 0 Å². The molecule has 1 heterocycles. The standard InChI is InChI=1S/C14H22N2OS/c1-5-7-11(2)14(17)15-10-12(16(3)4)13-8-6-9-18-13/h6-9,12H,5,10H2,1-4H3,(H,15,17)/b11-7-/t12-/m0/s1. The van der Waals surface area contributed by atoms with Crippen LogP contribution in [0.5, 0.6) is 0 Å². The zero-order valence-corrected chi connectivity index (χ0v) is 12.4. The van der Waals surface area contributed by atoms with Gasteiger partial charge in [-0.2, -0.15) is 0 Å². The number of likely N-dealkylation sites (N-methyl/N-ethyl adjacent to an activating group) is 1. The SMILES string of the molecule is CC/C=C(/C)C(=O)NC[C@@H](c1cccs1)N(C)C. The molecule has 18 heavy (non-hydrogen) atoms. The minimum atomic E-state index is 0.0280. The van der Waals surface area contributed by atoms with Gasteiger partial charge in [0.15, 0.2) is 0 Å². The van der Waals surface area contributed by atoms with Gasteiger partial charge in [0.2, 0.25) is 5.91 Å². The minimum Gasteiger partial charge on any atom is -0.350 e. The molecule has 0 aliphatic carbocycles. The number of carbonyl (C=O) groups is 1. The molecule has 0 fully saturated rings. The van der Waals surface area contributed by atoms with Crippen molar-refractivity contribution in [1.29, 1.82) is 0 Å². The van der Waals surface area contributed by atoms with Crippen LogP contribution in [0.1, 0.15) is 31.2 Å². The molecule has 3 nitrogen and oxygen atoms in total. The van der Waals surface area contributed by atoms with Crippen LogP contribution in [0.3, 0.4) is 0 Å². The summed E-state index contributed by atoms with van der Waals surface area (Å²) in [5.74, 6) is 0.0280. The van der Waals surface area contributed by atoms with Crippen LogP contribution in [-0.4, -0.2) is 31.4 Å². The Balaban J connectivity index is 2.59. The van der Waals surface area contributed by atoms with Crippen molar-refractivity contribution in [2.24, 2.45) is 0 Å². The number of hydrogen-bond acceptors (Lipinski definition) is 3. The van der Waals surface area contributed by atoms with Gasteiger partial charge in [0, 0.05) is 17.0 Å². The van der Waals surface area contributed by atoms with Crippen molar-refractivity contribution >= 4 is 17.2 Å². The number of nitrogens with one attached hydrogen (secondary N) is 1. The summed E-state index contributed by atoms with van der Waals surface area (Å²) in [6.45, 7) is 4.53. The Morgan fingerprint density at radius 3 is 2.78 bits per heavy atom. The van der Waals surface area contributed by atoms with E-state index in [1.165, 1.54) is 4.88 Å². The average Bonchev–Trinajstić information content (AvgIpc) is 2.82. The van der Waals surface area contributed by atoms with Gasteiger partial charge in [-0.25, -0.2) is 0 Å². The summed E-state index contributed by atoms with van der Waals surface area (Å²) in [5, 5.41) is 5.06. The molecule has 0 saturated heterocycles. The first kappa shape index (κ1) is 14.9. The molecule has 1 rings (SSSR count). The van der Waals surface area contributed by atoms with Crippen LogP contribution < -0.4 is 5.32 Å². The third-order valence-corrected chi connectivity index (χ3v) is 3.79. The summed E-state index contributed by atoms with van der Waals surface area (Å²) in [6, 6.07) is 4.39. The Morgan fingerprint density at radius 1 is 1.56 bits per heavy atom. The van der Waals surface area contributed by atoms with Gasteiger partial charge in [-0.3, -0.25) is 4.79 Å². The Morgan fingerprint density at radius 2 is 2.28 bits per heavy atom. The lowest BCUT2D eigenvalue weighted by atomic mass is 10.2. The molecule has 0 unspecified atom stereocenters. The molecule has 0 aromatic carbocycles. The summed E-state index contributed by atoms with van der Waals surface area (Å²) in [7, 11) is 4.07. The lowest BCUT2D eigenvalue weighted by Crippen LogP contribution is -2.34. The minimum absolute atomic E-state index is 0.0280. The molecule has 100 valence electrons. The van der Waals surface area contributed by atoms with E-state index in [2.05, 4.69) is 21.7 Å². The third-order valence-electron chi connectivity index (χ3n) is 2.82. The fourth-order valence-corrected chi connectivity index (χ4v) is 2.67. The molecule has 0 spiro atoms. The van der Waals surface area contributed by atoms with Crippen molar-refractivity contribution < 1.29 is 4.79 Å². The molecule has 1 aromatic rings. The van der Waals surface area contributed by atoms with Gasteiger partial charge in [0.05, 0.1) is 6.04 Å². The molecule has 1 N–H and O–H groups in total. The molecule has 4 heteroatoms. The summed E-state index contributed by atoms with van der Waals surface area (Å²) >= 11 is 1.72. The smallest absolute Gasteiger partial charge is 0.246 e. The van der Waals surface area contributed by atoms with E-state index in [-0.39, 0.29) is 11.9 Å². The van der Waals surface area contributed by atoms with Crippen LogP contribution in [-0.2, 0) is 4.79 Å². The third kappa shape index (κ3) is 4.27. The van der Waals surface area contributed by atoms with Crippen LogP contribution in [0, 0.1) is 0 Å². The first-order valence-corrected chi connectivity index (χ1v) is 7.09. The van der Waals surface area contributed by atoms with Crippen molar-refractivity contribution in [3.8, 4) is 0 Å².